The number of rotatable bonds is 8. The molecular weight excluding hydrogens is 356 g/mol. The van der Waals surface area contributed by atoms with Crippen molar-refractivity contribution < 1.29 is 19.0 Å². The summed E-state index contributed by atoms with van der Waals surface area (Å²) in [6, 6.07) is 11.6. The summed E-state index contributed by atoms with van der Waals surface area (Å²) in [5.74, 6) is 1.24. The molecule has 0 atom stereocenters. The molecule has 6 nitrogen and oxygen atoms in total. The van der Waals surface area contributed by atoms with E-state index in [9.17, 15) is 4.79 Å². The van der Waals surface area contributed by atoms with E-state index in [0.29, 0.717) is 29.4 Å². The molecule has 1 aliphatic rings. The number of amides is 1. The summed E-state index contributed by atoms with van der Waals surface area (Å²) >= 11 is 0. The fourth-order valence-corrected chi connectivity index (χ4v) is 3.54. The van der Waals surface area contributed by atoms with Crippen LogP contribution in [-0.2, 0) is 13.1 Å². The molecule has 1 amide bonds. The minimum atomic E-state index is -0.214. The van der Waals surface area contributed by atoms with Crippen molar-refractivity contribution in [2.75, 3.05) is 34.4 Å². The highest BCUT2D eigenvalue weighted by atomic mass is 16.5. The molecule has 0 radical (unpaired) electrons. The molecule has 0 spiro atoms. The molecule has 1 heterocycles. The first-order valence-corrected chi connectivity index (χ1v) is 9.53. The lowest BCUT2D eigenvalue weighted by atomic mass is 10.1. The number of ether oxygens (including phenoxy) is 3. The highest BCUT2D eigenvalue weighted by Gasteiger charge is 2.18. The lowest BCUT2D eigenvalue weighted by Crippen LogP contribution is -2.25. The molecule has 1 fully saturated rings. The summed E-state index contributed by atoms with van der Waals surface area (Å²) in [5, 5.41) is 3.01. The van der Waals surface area contributed by atoms with Gasteiger partial charge in [0.15, 0.2) is 11.5 Å². The Morgan fingerprint density at radius 3 is 2.18 bits per heavy atom. The zero-order chi connectivity index (χ0) is 19.9. The van der Waals surface area contributed by atoms with Crippen LogP contribution in [0.5, 0.6) is 17.2 Å². The van der Waals surface area contributed by atoms with Crippen molar-refractivity contribution in [2.24, 2.45) is 0 Å². The Bertz CT molecular complexity index is 816. The quantitative estimate of drug-likeness (QED) is 0.757. The first kappa shape index (κ1) is 20.0. The van der Waals surface area contributed by atoms with Gasteiger partial charge in [0.25, 0.3) is 5.91 Å². The number of nitrogens with zero attached hydrogens (tertiary/aromatic N) is 1. The van der Waals surface area contributed by atoms with Crippen LogP contribution >= 0.6 is 0 Å². The maximum Gasteiger partial charge on any atom is 0.255 e. The Morgan fingerprint density at radius 1 is 0.929 bits per heavy atom. The van der Waals surface area contributed by atoms with Crippen LogP contribution in [0, 0.1) is 0 Å². The average Bonchev–Trinajstić information content (AvgIpc) is 3.24. The Labute approximate surface area is 166 Å². The van der Waals surface area contributed by atoms with E-state index in [0.717, 1.165) is 25.2 Å². The van der Waals surface area contributed by atoms with Gasteiger partial charge < -0.3 is 19.5 Å². The Morgan fingerprint density at radius 2 is 1.54 bits per heavy atom. The number of methoxy groups -OCH3 is 3. The predicted molar refractivity (Wildman–Crippen MR) is 108 cm³/mol. The minimum Gasteiger partial charge on any atom is -0.496 e. The summed E-state index contributed by atoms with van der Waals surface area (Å²) < 4.78 is 16.0. The molecule has 0 saturated carbocycles. The van der Waals surface area contributed by atoms with E-state index in [1.165, 1.54) is 25.5 Å². The van der Waals surface area contributed by atoms with Crippen LogP contribution in [0.4, 0.5) is 0 Å². The van der Waals surface area contributed by atoms with Gasteiger partial charge in [-0.25, -0.2) is 0 Å². The molecule has 1 N–H and O–H groups in total. The third-order valence-electron chi connectivity index (χ3n) is 5.10. The number of hydrogen-bond donors (Lipinski definition) is 1. The average molecular weight is 384 g/mol. The zero-order valence-electron chi connectivity index (χ0n) is 16.8. The second-order valence-corrected chi connectivity index (χ2v) is 6.84. The fourth-order valence-electron chi connectivity index (χ4n) is 3.54. The highest BCUT2D eigenvalue weighted by molar-refractivity contribution is 5.97. The van der Waals surface area contributed by atoms with Crippen LogP contribution in [0.1, 0.15) is 34.3 Å². The van der Waals surface area contributed by atoms with Gasteiger partial charge in [-0.05, 0) is 37.1 Å². The monoisotopic (exact) mass is 384 g/mol. The molecule has 0 bridgehead atoms. The van der Waals surface area contributed by atoms with E-state index in [1.54, 1.807) is 26.4 Å². The molecule has 150 valence electrons. The Kier molecular flexibility index (Phi) is 6.76. The van der Waals surface area contributed by atoms with Crippen molar-refractivity contribution in [1.82, 2.24) is 10.2 Å². The van der Waals surface area contributed by atoms with Gasteiger partial charge in [0.1, 0.15) is 5.75 Å². The number of nitrogens with one attached hydrogen (secondary N) is 1. The van der Waals surface area contributed by atoms with Crippen molar-refractivity contribution in [3.63, 3.8) is 0 Å². The standard InChI is InChI=1S/C22H28N2O4/c1-26-19-13-21(28-3)20(27-2)12-18(19)22(25)23-14-16-8-4-5-9-17(16)15-24-10-6-7-11-24/h4-5,8-9,12-13H,6-7,10-11,14-15H2,1-3H3,(H,23,25). The summed E-state index contributed by atoms with van der Waals surface area (Å²) in [6.45, 7) is 3.67. The van der Waals surface area contributed by atoms with Crippen molar-refractivity contribution in [1.29, 1.82) is 0 Å². The summed E-state index contributed by atoms with van der Waals surface area (Å²) in [7, 11) is 4.62. The van der Waals surface area contributed by atoms with Crippen molar-refractivity contribution >= 4 is 5.91 Å². The molecule has 2 aromatic carbocycles. The lowest BCUT2D eigenvalue weighted by molar-refractivity contribution is 0.0947. The molecule has 0 aromatic heterocycles. The van der Waals surface area contributed by atoms with Gasteiger partial charge in [-0.2, -0.15) is 0 Å². The summed E-state index contributed by atoms with van der Waals surface area (Å²) in [5.41, 5.74) is 2.79. The molecule has 1 aliphatic heterocycles. The number of carbonyl (C=O) groups is 1. The molecule has 6 heteroatoms. The van der Waals surface area contributed by atoms with Crippen molar-refractivity contribution in [3.05, 3.63) is 53.1 Å². The second kappa shape index (κ2) is 9.46. The van der Waals surface area contributed by atoms with Crippen LogP contribution in [0.2, 0.25) is 0 Å². The van der Waals surface area contributed by atoms with Gasteiger partial charge >= 0.3 is 0 Å². The smallest absolute Gasteiger partial charge is 0.255 e. The molecular formula is C22H28N2O4. The fraction of sp³-hybridized carbons (Fsp3) is 0.409. The minimum absolute atomic E-state index is 0.214. The highest BCUT2D eigenvalue weighted by Crippen LogP contribution is 2.34. The molecule has 0 unspecified atom stereocenters. The molecule has 2 aromatic rings. The van der Waals surface area contributed by atoms with Crippen molar-refractivity contribution in [2.45, 2.75) is 25.9 Å². The topological polar surface area (TPSA) is 60.0 Å². The van der Waals surface area contributed by atoms with Gasteiger partial charge in [-0.3, -0.25) is 9.69 Å². The van der Waals surface area contributed by atoms with Crippen LogP contribution in [0.3, 0.4) is 0 Å². The number of hydrogen-bond acceptors (Lipinski definition) is 5. The number of benzene rings is 2. The first-order chi connectivity index (χ1) is 13.7. The van der Waals surface area contributed by atoms with E-state index < -0.39 is 0 Å². The second-order valence-electron chi connectivity index (χ2n) is 6.84. The molecule has 28 heavy (non-hydrogen) atoms. The van der Waals surface area contributed by atoms with Crippen LogP contribution in [0.15, 0.2) is 36.4 Å². The van der Waals surface area contributed by atoms with E-state index in [-0.39, 0.29) is 5.91 Å². The lowest BCUT2D eigenvalue weighted by Gasteiger charge is -2.18. The summed E-state index contributed by atoms with van der Waals surface area (Å²) in [4.78, 5) is 15.3. The van der Waals surface area contributed by atoms with E-state index >= 15 is 0 Å². The van der Waals surface area contributed by atoms with Crippen molar-refractivity contribution in [3.8, 4) is 17.2 Å². The number of carbonyl (C=O) groups excluding carboxylic acids is 1. The Balaban J connectivity index is 1.74. The van der Waals surface area contributed by atoms with Gasteiger partial charge in [0.05, 0.1) is 26.9 Å². The molecule has 0 aliphatic carbocycles. The zero-order valence-corrected chi connectivity index (χ0v) is 16.8. The third kappa shape index (κ3) is 4.57. The molecule has 3 rings (SSSR count). The first-order valence-electron chi connectivity index (χ1n) is 9.53. The van der Waals surface area contributed by atoms with Gasteiger partial charge in [0.2, 0.25) is 0 Å². The maximum absolute atomic E-state index is 12.8. The van der Waals surface area contributed by atoms with Crippen LogP contribution < -0.4 is 19.5 Å². The van der Waals surface area contributed by atoms with Gasteiger partial charge in [-0.1, -0.05) is 24.3 Å². The predicted octanol–water partition coefficient (Wildman–Crippen LogP) is 3.24. The van der Waals surface area contributed by atoms with E-state index in [2.05, 4.69) is 22.3 Å². The normalized spacial score (nSPS) is 14.0. The van der Waals surface area contributed by atoms with Crippen LogP contribution in [0.25, 0.3) is 0 Å². The van der Waals surface area contributed by atoms with Gasteiger partial charge in [-0.15, -0.1) is 0 Å². The largest absolute Gasteiger partial charge is 0.496 e. The van der Waals surface area contributed by atoms with Crippen LogP contribution in [-0.4, -0.2) is 45.2 Å². The third-order valence-corrected chi connectivity index (χ3v) is 5.10. The number of likely N-dealkylation sites (tertiary alicyclic amines) is 1. The Hall–Kier alpha value is -2.73. The van der Waals surface area contributed by atoms with E-state index in [1.807, 2.05) is 12.1 Å². The summed E-state index contributed by atoms with van der Waals surface area (Å²) in [6.07, 6.45) is 2.52. The van der Waals surface area contributed by atoms with E-state index in [4.69, 9.17) is 14.2 Å². The maximum atomic E-state index is 12.8. The molecule has 1 saturated heterocycles. The SMILES string of the molecule is COc1cc(OC)c(C(=O)NCc2ccccc2CN2CCCC2)cc1OC. The van der Waals surface area contributed by atoms with Gasteiger partial charge in [0, 0.05) is 25.2 Å².